The fraction of sp³-hybridized carbons (Fsp3) is 0.353. The van der Waals surface area contributed by atoms with Gasteiger partial charge in [-0.15, -0.1) is 0 Å². The monoisotopic (exact) mass is 329 g/mol. The number of hydrogen-bond acceptors (Lipinski definition) is 5. The standard InChI is InChI=1S/C17H19N3O2S/c1-2-23(21,22)16-9-12(16)17-13(10-18-20-17)15-8-7-11-5-3-4-6-14(11)19-15/h3-8,12,16,18-19H,2,9-10H2,1H3/b15-13-. The molecule has 2 N–H and O–H groups in total. The lowest BCUT2D eigenvalue weighted by Crippen LogP contribution is -2.18. The fourth-order valence-corrected chi connectivity index (χ4v) is 4.82. The Hall–Kier alpha value is -2.08. The number of fused-ring (bicyclic) bond motifs is 1. The number of hydrogen-bond donors (Lipinski definition) is 2. The molecule has 0 amide bonds. The van der Waals surface area contributed by atoms with E-state index in [4.69, 9.17) is 0 Å². The molecule has 23 heavy (non-hydrogen) atoms. The van der Waals surface area contributed by atoms with E-state index in [0.29, 0.717) is 13.0 Å². The van der Waals surface area contributed by atoms with Crippen LogP contribution in [0.15, 0.2) is 46.7 Å². The van der Waals surface area contributed by atoms with E-state index < -0.39 is 9.84 Å². The highest BCUT2D eigenvalue weighted by atomic mass is 32.2. The van der Waals surface area contributed by atoms with Crippen molar-refractivity contribution in [3.8, 4) is 0 Å². The van der Waals surface area contributed by atoms with Gasteiger partial charge < -0.3 is 10.7 Å². The summed E-state index contributed by atoms with van der Waals surface area (Å²) in [6, 6.07) is 8.12. The van der Waals surface area contributed by atoms with Crippen LogP contribution >= 0.6 is 0 Å². The van der Waals surface area contributed by atoms with Crippen LogP contribution in [0.4, 0.5) is 5.69 Å². The van der Waals surface area contributed by atoms with Crippen LogP contribution in [0.3, 0.4) is 0 Å². The molecule has 2 atom stereocenters. The normalized spacial score (nSPS) is 28.7. The smallest absolute Gasteiger partial charge is 0.153 e. The first-order valence-electron chi connectivity index (χ1n) is 7.90. The van der Waals surface area contributed by atoms with Gasteiger partial charge in [0.05, 0.1) is 17.5 Å². The van der Waals surface area contributed by atoms with Crippen molar-refractivity contribution in [1.29, 1.82) is 0 Å². The van der Waals surface area contributed by atoms with Gasteiger partial charge in [0.1, 0.15) is 0 Å². The van der Waals surface area contributed by atoms with Gasteiger partial charge in [-0.2, -0.15) is 5.10 Å². The number of benzene rings is 1. The second-order valence-electron chi connectivity index (χ2n) is 6.10. The first-order chi connectivity index (χ1) is 11.1. The van der Waals surface area contributed by atoms with Crippen LogP contribution < -0.4 is 10.7 Å². The summed E-state index contributed by atoms with van der Waals surface area (Å²) in [6.07, 6.45) is 4.82. The van der Waals surface area contributed by atoms with Gasteiger partial charge in [-0.1, -0.05) is 31.2 Å². The molecular weight excluding hydrogens is 310 g/mol. The molecule has 2 heterocycles. The largest absolute Gasteiger partial charge is 0.355 e. The molecule has 120 valence electrons. The van der Waals surface area contributed by atoms with E-state index in [0.717, 1.165) is 28.2 Å². The molecule has 5 nitrogen and oxygen atoms in total. The third-order valence-electron chi connectivity index (χ3n) is 4.70. The summed E-state index contributed by atoms with van der Waals surface area (Å²) < 4.78 is 24.1. The number of nitrogens with zero attached hydrogens (tertiary/aromatic N) is 1. The van der Waals surface area contributed by atoms with Crippen LogP contribution in [-0.4, -0.2) is 31.7 Å². The van der Waals surface area contributed by atoms with Crippen LogP contribution in [0.5, 0.6) is 0 Å². The molecule has 0 saturated heterocycles. The van der Waals surface area contributed by atoms with Crippen molar-refractivity contribution >= 4 is 27.3 Å². The molecule has 4 rings (SSSR count). The molecule has 0 radical (unpaired) electrons. The lowest BCUT2D eigenvalue weighted by molar-refractivity contribution is 0.595. The van der Waals surface area contributed by atoms with Crippen molar-refractivity contribution in [2.45, 2.75) is 18.6 Å². The predicted molar refractivity (Wildman–Crippen MR) is 92.9 cm³/mol. The van der Waals surface area contributed by atoms with E-state index in [-0.39, 0.29) is 16.9 Å². The quantitative estimate of drug-likeness (QED) is 0.891. The number of hydrazone groups is 1. The van der Waals surface area contributed by atoms with Gasteiger partial charge in [-0.25, -0.2) is 8.42 Å². The number of sulfone groups is 1. The molecule has 0 bridgehead atoms. The SMILES string of the molecule is CCS(=O)(=O)C1CC1C1=NNC/C1=C1\C=Cc2ccccc2N1. The van der Waals surface area contributed by atoms with Crippen molar-refractivity contribution < 1.29 is 8.42 Å². The average Bonchev–Trinajstić information content (AvgIpc) is 3.25. The Morgan fingerprint density at radius 2 is 2.09 bits per heavy atom. The highest BCUT2D eigenvalue weighted by molar-refractivity contribution is 7.92. The van der Waals surface area contributed by atoms with E-state index >= 15 is 0 Å². The summed E-state index contributed by atoms with van der Waals surface area (Å²) >= 11 is 0. The summed E-state index contributed by atoms with van der Waals surface area (Å²) in [4.78, 5) is 0. The molecule has 1 aromatic carbocycles. The third kappa shape index (κ3) is 2.47. The highest BCUT2D eigenvalue weighted by Gasteiger charge is 2.51. The van der Waals surface area contributed by atoms with Gasteiger partial charge in [0.2, 0.25) is 0 Å². The number of allylic oxidation sites excluding steroid dienone is 1. The molecule has 0 spiro atoms. The zero-order chi connectivity index (χ0) is 16.0. The second kappa shape index (κ2) is 5.23. The Morgan fingerprint density at radius 1 is 1.26 bits per heavy atom. The van der Waals surface area contributed by atoms with Crippen LogP contribution in [0, 0.1) is 5.92 Å². The summed E-state index contributed by atoms with van der Waals surface area (Å²) in [6.45, 7) is 2.35. The second-order valence-corrected chi connectivity index (χ2v) is 8.61. The maximum Gasteiger partial charge on any atom is 0.153 e. The number of anilines is 1. The molecule has 0 aromatic heterocycles. The van der Waals surface area contributed by atoms with E-state index in [1.807, 2.05) is 24.3 Å². The van der Waals surface area contributed by atoms with Crippen molar-refractivity contribution in [1.82, 2.24) is 5.43 Å². The maximum absolute atomic E-state index is 12.1. The number of nitrogens with one attached hydrogen (secondary N) is 2. The molecule has 1 fully saturated rings. The average molecular weight is 329 g/mol. The Balaban J connectivity index is 1.63. The van der Waals surface area contributed by atoms with Gasteiger partial charge in [0.15, 0.2) is 9.84 Å². The number of para-hydroxylation sites is 1. The molecule has 1 saturated carbocycles. The molecular formula is C17H19N3O2S. The van der Waals surface area contributed by atoms with Crippen LogP contribution in [0.2, 0.25) is 0 Å². The molecule has 2 aliphatic heterocycles. The summed E-state index contributed by atoms with van der Waals surface area (Å²) in [5.41, 5.74) is 8.22. The lowest BCUT2D eigenvalue weighted by atomic mass is 10.0. The van der Waals surface area contributed by atoms with Crippen LogP contribution in [0.25, 0.3) is 6.08 Å². The van der Waals surface area contributed by atoms with Gasteiger partial charge in [-0.05, 0) is 24.1 Å². The predicted octanol–water partition coefficient (Wildman–Crippen LogP) is 2.16. The maximum atomic E-state index is 12.1. The third-order valence-corrected chi connectivity index (χ3v) is 6.94. The zero-order valence-electron chi connectivity index (χ0n) is 12.9. The minimum atomic E-state index is -2.98. The van der Waals surface area contributed by atoms with Gasteiger partial charge >= 0.3 is 0 Å². The van der Waals surface area contributed by atoms with Crippen molar-refractivity contribution in [2.75, 3.05) is 17.6 Å². The Labute approximate surface area is 136 Å². The van der Waals surface area contributed by atoms with E-state index in [9.17, 15) is 8.42 Å². The Morgan fingerprint density at radius 3 is 2.91 bits per heavy atom. The minimum Gasteiger partial charge on any atom is -0.355 e. The minimum absolute atomic E-state index is 0.0322. The van der Waals surface area contributed by atoms with Crippen molar-refractivity contribution in [3.63, 3.8) is 0 Å². The fourth-order valence-electron chi connectivity index (χ4n) is 3.26. The molecule has 1 aromatic rings. The highest BCUT2D eigenvalue weighted by Crippen LogP contribution is 2.42. The Kier molecular flexibility index (Phi) is 3.30. The Bertz CT molecular complexity index is 852. The van der Waals surface area contributed by atoms with Crippen LogP contribution in [-0.2, 0) is 9.84 Å². The van der Waals surface area contributed by atoms with E-state index in [1.54, 1.807) is 6.92 Å². The van der Waals surface area contributed by atoms with E-state index in [2.05, 4.69) is 28.0 Å². The molecule has 1 aliphatic carbocycles. The van der Waals surface area contributed by atoms with E-state index in [1.165, 1.54) is 0 Å². The number of rotatable bonds is 3. The molecule has 6 heteroatoms. The topological polar surface area (TPSA) is 70.6 Å². The van der Waals surface area contributed by atoms with Gasteiger partial charge in [-0.3, -0.25) is 0 Å². The van der Waals surface area contributed by atoms with Crippen LogP contribution in [0.1, 0.15) is 18.9 Å². The summed E-state index contributed by atoms with van der Waals surface area (Å²) in [5, 5.41) is 7.56. The summed E-state index contributed by atoms with van der Waals surface area (Å²) in [5.74, 6) is 0.233. The zero-order valence-corrected chi connectivity index (χ0v) is 13.7. The molecule has 2 unspecified atom stereocenters. The first-order valence-corrected chi connectivity index (χ1v) is 9.61. The first kappa shape index (κ1) is 14.5. The summed E-state index contributed by atoms with van der Waals surface area (Å²) in [7, 11) is -2.98. The van der Waals surface area contributed by atoms with Gasteiger partial charge in [0, 0.05) is 28.6 Å². The molecule has 3 aliphatic rings. The van der Waals surface area contributed by atoms with Crippen molar-refractivity contribution in [2.24, 2.45) is 11.0 Å². The van der Waals surface area contributed by atoms with Crippen molar-refractivity contribution in [3.05, 3.63) is 47.2 Å². The van der Waals surface area contributed by atoms with Gasteiger partial charge in [0.25, 0.3) is 0 Å². The lowest BCUT2D eigenvalue weighted by Gasteiger charge is -2.18.